The third kappa shape index (κ3) is 2.87. The van der Waals surface area contributed by atoms with Gasteiger partial charge >= 0.3 is 6.18 Å². The van der Waals surface area contributed by atoms with Gasteiger partial charge in [-0.3, -0.25) is 10.1 Å². The van der Waals surface area contributed by atoms with E-state index in [4.69, 9.17) is 0 Å². The van der Waals surface area contributed by atoms with Gasteiger partial charge in [0.2, 0.25) is 0 Å². The Hall–Kier alpha value is -2.57. The molecule has 2 aromatic carbocycles. The van der Waals surface area contributed by atoms with Crippen LogP contribution < -0.4 is 0 Å². The second kappa shape index (κ2) is 4.84. The molecule has 0 saturated carbocycles. The number of halogens is 3. The lowest BCUT2D eigenvalue weighted by molar-refractivity contribution is -0.384. The maximum atomic E-state index is 12.7. The number of benzene rings is 2. The van der Waals surface area contributed by atoms with Crippen LogP contribution in [-0.2, 0) is 6.18 Å². The normalized spacial score (nSPS) is 11.3. The molecule has 7 heteroatoms. The van der Waals surface area contributed by atoms with Gasteiger partial charge in [-0.15, -0.1) is 0 Å². The van der Waals surface area contributed by atoms with Crippen LogP contribution in [0.5, 0.6) is 5.75 Å². The average Bonchev–Trinajstić information content (AvgIpc) is 2.37. The maximum Gasteiger partial charge on any atom is 0.416 e. The standard InChI is InChI=1S/C13H8F3NO3/c14-13(15,16)10-4-9(6-12(18)7-10)8-2-1-3-11(5-8)17(19)20/h1-7,18H. The molecule has 20 heavy (non-hydrogen) atoms. The number of alkyl halides is 3. The number of nitro benzene ring substituents is 1. The van der Waals surface area contributed by atoms with Crippen molar-refractivity contribution in [2.24, 2.45) is 0 Å². The van der Waals surface area contributed by atoms with Crippen molar-refractivity contribution in [1.29, 1.82) is 0 Å². The van der Waals surface area contributed by atoms with Crippen LogP contribution in [-0.4, -0.2) is 10.0 Å². The van der Waals surface area contributed by atoms with Crippen molar-refractivity contribution in [2.45, 2.75) is 6.18 Å². The molecule has 104 valence electrons. The number of phenolic OH excluding ortho intramolecular Hbond substituents is 1. The molecule has 0 fully saturated rings. The largest absolute Gasteiger partial charge is 0.508 e. The Morgan fingerprint density at radius 1 is 1.05 bits per heavy atom. The van der Waals surface area contributed by atoms with Crippen LogP contribution in [0.1, 0.15) is 5.56 Å². The van der Waals surface area contributed by atoms with Gasteiger partial charge in [0.25, 0.3) is 5.69 Å². The molecule has 0 heterocycles. The number of rotatable bonds is 2. The van der Waals surface area contributed by atoms with Crippen LogP contribution in [0.25, 0.3) is 11.1 Å². The highest BCUT2D eigenvalue weighted by atomic mass is 19.4. The van der Waals surface area contributed by atoms with Crippen LogP contribution in [0.3, 0.4) is 0 Å². The fraction of sp³-hybridized carbons (Fsp3) is 0.0769. The summed E-state index contributed by atoms with van der Waals surface area (Å²) in [5, 5.41) is 20.0. The van der Waals surface area contributed by atoms with Crippen molar-refractivity contribution in [3.63, 3.8) is 0 Å². The zero-order valence-electron chi connectivity index (χ0n) is 9.89. The number of aromatic hydroxyl groups is 1. The third-order valence-electron chi connectivity index (χ3n) is 2.64. The fourth-order valence-corrected chi connectivity index (χ4v) is 1.74. The first-order valence-electron chi connectivity index (χ1n) is 5.43. The van der Waals surface area contributed by atoms with E-state index in [9.17, 15) is 28.4 Å². The summed E-state index contributed by atoms with van der Waals surface area (Å²) in [4.78, 5) is 10.0. The Bertz CT molecular complexity index is 668. The van der Waals surface area contributed by atoms with E-state index in [0.29, 0.717) is 6.07 Å². The lowest BCUT2D eigenvalue weighted by Gasteiger charge is -2.10. The minimum absolute atomic E-state index is 0.0565. The molecule has 0 amide bonds. The lowest BCUT2D eigenvalue weighted by atomic mass is 10.0. The molecule has 0 unspecified atom stereocenters. The molecule has 0 spiro atoms. The van der Waals surface area contributed by atoms with Crippen LogP contribution >= 0.6 is 0 Å². The number of hydrogen-bond acceptors (Lipinski definition) is 3. The molecule has 0 saturated heterocycles. The maximum absolute atomic E-state index is 12.7. The van der Waals surface area contributed by atoms with Crippen molar-refractivity contribution in [2.75, 3.05) is 0 Å². The Morgan fingerprint density at radius 2 is 1.75 bits per heavy atom. The quantitative estimate of drug-likeness (QED) is 0.669. The first-order chi connectivity index (χ1) is 9.27. The number of nitrogens with zero attached hydrogens (tertiary/aromatic N) is 1. The van der Waals surface area contributed by atoms with E-state index >= 15 is 0 Å². The lowest BCUT2D eigenvalue weighted by Crippen LogP contribution is -2.04. The molecule has 4 nitrogen and oxygen atoms in total. The van der Waals surface area contributed by atoms with Crippen molar-refractivity contribution in [3.05, 3.63) is 58.1 Å². The molecule has 0 aromatic heterocycles. The second-order valence-electron chi connectivity index (χ2n) is 4.07. The van der Waals surface area contributed by atoms with Gasteiger partial charge in [0.15, 0.2) is 0 Å². The Morgan fingerprint density at radius 3 is 2.35 bits per heavy atom. The molecule has 0 atom stereocenters. The predicted molar refractivity (Wildman–Crippen MR) is 65.2 cm³/mol. The van der Waals surface area contributed by atoms with Gasteiger partial charge < -0.3 is 5.11 Å². The third-order valence-corrected chi connectivity index (χ3v) is 2.64. The Balaban J connectivity index is 2.55. The fourth-order valence-electron chi connectivity index (χ4n) is 1.74. The van der Waals surface area contributed by atoms with Gasteiger partial charge in [0.1, 0.15) is 5.75 Å². The van der Waals surface area contributed by atoms with Gasteiger partial charge in [0.05, 0.1) is 10.5 Å². The first kappa shape index (κ1) is 13.9. The Labute approximate surface area is 111 Å². The summed E-state index contributed by atoms with van der Waals surface area (Å²) in [5.74, 6) is -0.554. The highest BCUT2D eigenvalue weighted by Crippen LogP contribution is 2.35. The van der Waals surface area contributed by atoms with E-state index in [0.717, 1.165) is 18.2 Å². The summed E-state index contributed by atoms with van der Waals surface area (Å²) >= 11 is 0. The van der Waals surface area contributed by atoms with Crippen LogP contribution in [0.4, 0.5) is 18.9 Å². The highest BCUT2D eigenvalue weighted by Gasteiger charge is 2.31. The number of nitro groups is 1. The number of hydrogen-bond donors (Lipinski definition) is 1. The molecule has 2 rings (SSSR count). The summed E-state index contributed by atoms with van der Waals surface area (Å²) in [6.07, 6.45) is -4.60. The molecule has 0 bridgehead atoms. The van der Waals surface area contributed by atoms with E-state index in [1.54, 1.807) is 0 Å². The average molecular weight is 283 g/mol. The van der Waals surface area contributed by atoms with Crippen molar-refractivity contribution < 1.29 is 23.2 Å². The molecular formula is C13H8F3NO3. The summed E-state index contributed by atoms with van der Waals surface area (Å²) in [5.41, 5.74) is -0.972. The highest BCUT2D eigenvalue weighted by molar-refractivity contribution is 5.68. The molecule has 0 aliphatic heterocycles. The number of non-ortho nitro benzene ring substituents is 1. The van der Waals surface area contributed by atoms with E-state index in [-0.39, 0.29) is 16.8 Å². The van der Waals surface area contributed by atoms with Gasteiger partial charge in [-0.1, -0.05) is 12.1 Å². The smallest absolute Gasteiger partial charge is 0.416 e. The van der Waals surface area contributed by atoms with Gasteiger partial charge in [-0.05, 0) is 29.3 Å². The molecular weight excluding hydrogens is 275 g/mol. The second-order valence-corrected chi connectivity index (χ2v) is 4.07. The van der Waals surface area contributed by atoms with Crippen LogP contribution in [0.15, 0.2) is 42.5 Å². The Kier molecular flexibility index (Phi) is 3.35. The minimum Gasteiger partial charge on any atom is -0.508 e. The van der Waals surface area contributed by atoms with Gasteiger partial charge in [-0.25, -0.2) is 0 Å². The van der Waals surface area contributed by atoms with Gasteiger partial charge in [0, 0.05) is 12.1 Å². The predicted octanol–water partition coefficient (Wildman–Crippen LogP) is 3.99. The first-order valence-corrected chi connectivity index (χ1v) is 5.43. The van der Waals surface area contributed by atoms with Crippen molar-refractivity contribution >= 4 is 5.69 Å². The molecule has 2 aromatic rings. The monoisotopic (exact) mass is 283 g/mol. The topological polar surface area (TPSA) is 63.4 Å². The van der Waals surface area contributed by atoms with Gasteiger partial charge in [-0.2, -0.15) is 13.2 Å². The van der Waals surface area contributed by atoms with Crippen LogP contribution in [0, 0.1) is 10.1 Å². The molecule has 0 aliphatic rings. The summed E-state index contributed by atoms with van der Waals surface area (Å²) in [7, 11) is 0. The van der Waals surface area contributed by atoms with E-state index in [1.807, 2.05) is 0 Å². The molecule has 0 radical (unpaired) electrons. The SMILES string of the molecule is O=[N+]([O-])c1cccc(-c2cc(O)cc(C(F)(F)F)c2)c1. The summed E-state index contributed by atoms with van der Waals surface area (Å²) in [6, 6.07) is 7.73. The number of phenols is 1. The molecule has 0 aliphatic carbocycles. The van der Waals surface area contributed by atoms with Crippen molar-refractivity contribution in [3.8, 4) is 16.9 Å². The molecule has 1 N–H and O–H groups in total. The van der Waals surface area contributed by atoms with Crippen LogP contribution in [0.2, 0.25) is 0 Å². The summed E-state index contributed by atoms with van der Waals surface area (Å²) in [6.45, 7) is 0. The minimum atomic E-state index is -4.60. The zero-order chi connectivity index (χ0) is 14.9. The van der Waals surface area contributed by atoms with E-state index < -0.39 is 22.4 Å². The van der Waals surface area contributed by atoms with E-state index in [2.05, 4.69) is 0 Å². The summed E-state index contributed by atoms with van der Waals surface area (Å²) < 4.78 is 38.0. The van der Waals surface area contributed by atoms with Crippen molar-refractivity contribution in [1.82, 2.24) is 0 Å². The zero-order valence-corrected chi connectivity index (χ0v) is 9.89. The van der Waals surface area contributed by atoms with E-state index in [1.165, 1.54) is 18.2 Å².